The van der Waals surface area contributed by atoms with Gasteiger partial charge >= 0.3 is 0 Å². The molecule has 0 saturated heterocycles. The first-order valence-electron chi connectivity index (χ1n) is 6.01. The number of halogens is 1. The number of tetrazole rings is 1. The summed E-state index contributed by atoms with van der Waals surface area (Å²) < 4.78 is 14.7. The fraction of sp³-hybridized carbons (Fsp3) is 0.417. The van der Waals surface area contributed by atoms with Crippen LogP contribution < -0.4 is 5.32 Å². The van der Waals surface area contributed by atoms with E-state index >= 15 is 0 Å². The van der Waals surface area contributed by atoms with E-state index in [0.29, 0.717) is 12.6 Å². The number of nitrogens with one attached hydrogen (secondary N) is 1. The van der Waals surface area contributed by atoms with Crippen LogP contribution in [0.4, 0.5) is 4.39 Å². The van der Waals surface area contributed by atoms with Crippen LogP contribution in [0, 0.1) is 12.7 Å². The summed E-state index contributed by atoms with van der Waals surface area (Å²) in [6.45, 7) is 2.48. The number of aromatic nitrogens is 4. The lowest BCUT2D eigenvalue weighted by Gasteiger charge is -2.08. The summed E-state index contributed by atoms with van der Waals surface area (Å²) in [4.78, 5) is 0. The van der Waals surface area contributed by atoms with Crippen LogP contribution in [0.5, 0.6) is 0 Å². The first-order valence-corrected chi connectivity index (χ1v) is 6.01. The molecule has 0 unspecified atom stereocenters. The molecule has 6 heteroatoms. The molecule has 1 aromatic carbocycles. The van der Waals surface area contributed by atoms with Crippen LogP contribution in [0.1, 0.15) is 24.2 Å². The molecule has 1 N–H and O–H groups in total. The van der Waals surface area contributed by atoms with E-state index in [2.05, 4.69) is 20.8 Å². The summed E-state index contributed by atoms with van der Waals surface area (Å²) in [5.74, 6) is 0.499. The average molecular weight is 247 g/mol. The van der Waals surface area contributed by atoms with Crippen LogP contribution in [-0.2, 0) is 6.54 Å². The maximum absolute atomic E-state index is 13.1. The Morgan fingerprint density at radius 1 is 1.44 bits per heavy atom. The van der Waals surface area contributed by atoms with Gasteiger partial charge in [0.2, 0.25) is 0 Å². The number of hydrogen-bond donors (Lipinski definition) is 1. The minimum atomic E-state index is -0.248. The summed E-state index contributed by atoms with van der Waals surface area (Å²) >= 11 is 0. The monoisotopic (exact) mass is 247 g/mol. The van der Waals surface area contributed by atoms with E-state index in [1.54, 1.807) is 10.7 Å². The lowest BCUT2D eigenvalue weighted by Crippen LogP contribution is -2.19. The molecule has 1 saturated carbocycles. The number of aryl methyl sites for hydroxylation is 1. The summed E-state index contributed by atoms with van der Waals surface area (Å²) in [5, 5.41) is 15.0. The smallest absolute Gasteiger partial charge is 0.170 e. The molecule has 1 aliphatic rings. The second kappa shape index (κ2) is 4.45. The third-order valence-corrected chi connectivity index (χ3v) is 3.05. The van der Waals surface area contributed by atoms with Crippen molar-refractivity contribution in [2.75, 3.05) is 0 Å². The van der Waals surface area contributed by atoms with E-state index in [4.69, 9.17) is 0 Å². The van der Waals surface area contributed by atoms with Crippen molar-refractivity contribution < 1.29 is 4.39 Å². The van der Waals surface area contributed by atoms with Crippen molar-refractivity contribution in [2.24, 2.45) is 0 Å². The van der Waals surface area contributed by atoms with Crippen LogP contribution in [0.2, 0.25) is 0 Å². The highest BCUT2D eigenvalue weighted by atomic mass is 19.1. The van der Waals surface area contributed by atoms with Crippen molar-refractivity contribution >= 4 is 0 Å². The van der Waals surface area contributed by atoms with Crippen LogP contribution in [0.3, 0.4) is 0 Å². The van der Waals surface area contributed by atoms with Gasteiger partial charge in [0.05, 0.1) is 12.2 Å². The van der Waals surface area contributed by atoms with E-state index < -0.39 is 0 Å². The molecular formula is C12H14FN5. The van der Waals surface area contributed by atoms with E-state index in [0.717, 1.165) is 17.1 Å². The van der Waals surface area contributed by atoms with Crippen molar-refractivity contribution in [3.8, 4) is 5.69 Å². The average Bonchev–Trinajstić information content (AvgIpc) is 3.06. The van der Waals surface area contributed by atoms with Gasteiger partial charge in [0.15, 0.2) is 5.82 Å². The van der Waals surface area contributed by atoms with E-state index in [-0.39, 0.29) is 5.82 Å². The molecule has 94 valence electrons. The molecule has 2 aromatic rings. The first kappa shape index (κ1) is 11.3. The van der Waals surface area contributed by atoms with E-state index in [9.17, 15) is 4.39 Å². The standard InChI is InChI=1S/C12H14FN5/c1-8-6-9(13)2-5-11(8)18-12(15-16-17-18)7-14-10-3-4-10/h2,5-6,10,14H,3-4,7H2,1H3. The van der Waals surface area contributed by atoms with Crippen LogP contribution in [0.25, 0.3) is 5.69 Å². The Morgan fingerprint density at radius 2 is 2.28 bits per heavy atom. The molecule has 1 aliphatic carbocycles. The molecule has 0 atom stereocenters. The van der Waals surface area contributed by atoms with E-state index in [1.807, 2.05) is 6.92 Å². The largest absolute Gasteiger partial charge is 0.307 e. The third kappa shape index (κ3) is 2.24. The molecule has 0 amide bonds. The molecule has 1 fully saturated rings. The van der Waals surface area contributed by atoms with Crippen LogP contribution >= 0.6 is 0 Å². The maximum Gasteiger partial charge on any atom is 0.170 e. The fourth-order valence-corrected chi connectivity index (χ4v) is 1.88. The second-order valence-electron chi connectivity index (χ2n) is 4.59. The Labute approximate surface area is 104 Å². The van der Waals surface area contributed by atoms with Gasteiger partial charge < -0.3 is 5.32 Å². The highest BCUT2D eigenvalue weighted by Crippen LogP contribution is 2.20. The molecule has 18 heavy (non-hydrogen) atoms. The van der Waals surface area contributed by atoms with Gasteiger partial charge in [-0.15, -0.1) is 5.10 Å². The van der Waals surface area contributed by atoms with Gasteiger partial charge in [-0.2, -0.15) is 4.68 Å². The molecule has 0 aliphatic heterocycles. The Kier molecular flexibility index (Phi) is 2.79. The Balaban J connectivity index is 1.88. The number of nitrogens with zero attached hydrogens (tertiary/aromatic N) is 4. The zero-order valence-corrected chi connectivity index (χ0v) is 10.1. The SMILES string of the molecule is Cc1cc(F)ccc1-n1nnnc1CNC1CC1. The van der Waals surface area contributed by atoms with Gasteiger partial charge in [-0.25, -0.2) is 4.39 Å². The van der Waals surface area contributed by atoms with Crippen molar-refractivity contribution in [1.82, 2.24) is 25.5 Å². The normalized spacial score (nSPS) is 15.0. The highest BCUT2D eigenvalue weighted by molar-refractivity contribution is 5.39. The number of hydrogen-bond acceptors (Lipinski definition) is 4. The summed E-state index contributed by atoms with van der Waals surface area (Å²) in [7, 11) is 0. The number of benzene rings is 1. The summed E-state index contributed by atoms with van der Waals surface area (Å²) in [6, 6.07) is 5.20. The Bertz CT molecular complexity index is 561. The van der Waals surface area contributed by atoms with Gasteiger partial charge in [0, 0.05) is 6.04 Å². The van der Waals surface area contributed by atoms with Crippen molar-refractivity contribution in [1.29, 1.82) is 0 Å². The minimum Gasteiger partial charge on any atom is -0.307 e. The van der Waals surface area contributed by atoms with Crippen molar-refractivity contribution in [3.05, 3.63) is 35.4 Å². The molecule has 0 spiro atoms. The van der Waals surface area contributed by atoms with Crippen LogP contribution in [-0.4, -0.2) is 26.2 Å². The summed E-state index contributed by atoms with van der Waals surface area (Å²) in [6.07, 6.45) is 2.44. The minimum absolute atomic E-state index is 0.248. The molecule has 0 radical (unpaired) electrons. The predicted molar refractivity (Wildman–Crippen MR) is 63.7 cm³/mol. The van der Waals surface area contributed by atoms with Gasteiger partial charge in [-0.3, -0.25) is 0 Å². The molecule has 1 heterocycles. The van der Waals surface area contributed by atoms with Gasteiger partial charge in [0.1, 0.15) is 5.82 Å². The zero-order valence-electron chi connectivity index (χ0n) is 10.1. The second-order valence-corrected chi connectivity index (χ2v) is 4.59. The fourth-order valence-electron chi connectivity index (χ4n) is 1.88. The van der Waals surface area contributed by atoms with Gasteiger partial charge in [-0.1, -0.05) is 0 Å². The first-order chi connectivity index (χ1) is 8.74. The van der Waals surface area contributed by atoms with Crippen LogP contribution in [0.15, 0.2) is 18.2 Å². The molecule has 3 rings (SSSR count). The van der Waals surface area contributed by atoms with Gasteiger partial charge in [0.25, 0.3) is 0 Å². The molecule has 1 aromatic heterocycles. The topological polar surface area (TPSA) is 55.6 Å². The number of rotatable bonds is 4. The Hall–Kier alpha value is -1.82. The van der Waals surface area contributed by atoms with Crippen molar-refractivity contribution in [3.63, 3.8) is 0 Å². The Morgan fingerprint density at radius 3 is 3.00 bits per heavy atom. The van der Waals surface area contributed by atoms with Gasteiger partial charge in [-0.05, 0) is 54.0 Å². The van der Waals surface area contributed by atoms with E-state index in [1.165, 1.54) is 25.0 Å². The molecular weight excluding hydrogens is 233 g/mol. The van der Waals surface area contributed by atoms with Crippen molar-refractivity contribution in [2.45, 2.75) is 32.4 Å². The lowest BCUT2D eigenvalue weighted by molar-refractivity contribution is 0.621. The third-order valence-electron chi connectivity index (χ3n) is 3.05. The highest BCUT2D eigenvalue weighted by Gasteiger charge is 2.21. The predicted octanol–water partition coefficient (Wildman–Crippen LogP) is 1.36. The molecule has 5 nitrogen and oxygen atoms in total. The lowest BCUT2D eigenvalue weighted by atomic mass is 10.2. The maximum atomic E-state index is 13.1. The molecule has 0 bridgehead atoms. The quantitative estimate of drug-likeness (QED) is 0.886. The zero-order chi connectivity index (χ0) is 12.5. The summed E-state index contributed by atoms with van der Waals surface area (Å²) in [5.41, 5.74) is 1.63.